The third-order valence-electron chi connectivity index (χ3n) is 4.30. The number of aliphatic imine (C=N–C) groups is 1. The summed E-state index contributed by atoms with van der Waals surface area (Å²) in [5, 5.41) is 0.653. The van der Waals surface area contributed by atoms with Crippen LogP contribution < -0.4 is 9.47 Å². The van der Waals surface area contributed by atoms with E-state index >= 15 is 0 Å². The van der Waals surface area contributed by atoms with Crippen LogP contribution in [0, 0.1) is 13.8 Å². The van der Waals surface area contributed by atoms with E-state index in [-0.39, 0.29) is 12.0 Å². The molecule has 152 valence electrons. The molecule has 2 aromatic carbocycles. The van der Waals surface area contributed by atoms with Crippen molar-refractivity contribution in [3.8, 4) is 11.5 Å². The number of amides is 1. The fourth-order valence-corrected chi connectivity index (χ4v) is 4.07. The maximum absolute atomic E-state index is 12.8. The normalized spacial score (nSPS) is 16.9. The van der Waals surface area contributed by atoms with Crippen molar-refractivity contribution in [1.29, 1.82) is 0 Å². The number of amidine groups is 1. The second kappa shape index (κ2) is 8.74. The minimum Gasteiger partial charge on any atom is -0.493 e. The number of nitrogens with zero attached hydrogens (tertiary/aromatic N) is 2. The molecule has 5 nitrogen and oxygen atoms in total. The Morgan fingerprint density at radius 3 is 2.45 bits per heavy atom. The Hall–Kier alpha value is -2.73. The smallest absolute Gasteiger partial charge is 0.266 e. The van der Waals surface area contributed by atoms with Crippen LogP contribution in [0.2, 0.25) is 0 Å². The number of carbonyl (C=O) groups excluding carboxylic acids is 1. The second-order valence-corrected chi connectivity index (χ2v) is 8.27. The summed E-state index contributed by atoms with van der Waals surface area (Å²) in [7, 11) is 3.35. The van der Waals surface area contributed by atoms with Gasteiger partial charge in [0.1, 0.15) is 0 Å². The second-order valence-electron chi connectivity index (χ2n) is 7.26. The standard InChI is InChI=1S/C23H26N2O3S/c1-14(2)28-21-17(8-7-9-19(21)27-6)13-20-22(26)25(5)23(29-20)24-18-11-15(3)10-16(4)12-18/h7-14H,1-6H3/b20-13-,24-23?. The summed E-state index contributed by atoms with van der Waals surface area (Å²) in [4.78, 5) is 19.7. The highest BCUT2D eigenvalue weighted by Gasteiger charge is 2.31. The van der Waals surface area contributed by atoms with Crippen molar-refractivity contribution in [2.24, 2.45) is 4.99 Å². The van der Waals surface area contributed by atoms with Gasteiger partial charge in [-0.05, 0) is 74.9 Å². The van der Waals surface area contributed by atoms with E-state index in [0.29, 0.717) is 21.6 Å². The van der Waals surface area contributed by atoms with Gasteiger partial charge in [0.2, 0.25) is 0 Å². The zero-order valence-corrected chi connectivity index (χ0v) is 18.5. The summed E-state index contributed by atoms with van der Waals surface area (Å²) in [6.45, 7) is 8.00. The van der Waals surface area contributed by atoms with E-state index in [1.54, 1.807) is 19.1 Å². The fraction of sp³-hybridized carbons (Fsp3) is 0.304. The van der Waals surface area contributed by atoms with Crippen molar-refractivity contribution in [3.05, 3.63) is 58.0 Å². The quantitative estimate of drug-likeness (QED) is 0.625. The lowest BCUT2D eigenvalue weighted by atomic mass is 10.1. The number of carbonyl (C=O) groups is 1. The first-order chi connectivity index (χ1) is 13.8. The van der Waals surface area contributed by atoms with Gasteiger partial charge in [-0.2, -0.15) is 0 Å². The molecule has 0 radical (unpaired) electrons. The molecular weight excluding hydrogens is 384 g/mol. The highest BCUT2D eigenvalue weighted by molar-refractivity contribution is 8.18. The molecule has 0 aliphatic carbocycles. The lowest BCUT2D eigenvalue weighted by molar-refractivity contribution is -0.121. The average molecular weight is 411 g/mol. The minimum absolute atomic E-state index is 0.0141. The number of thioether (sulfide) groups is 1. The van der Waals surface area contributed by atoms with Gasteiger partial charge in [-0.25, -0.2) is 4.99 Å². The lowest BCUT2D eigenvalue weighted by Crippen LogP contribution is -2.23. The maximum Gasteiger partial charge on any atom is 0.266 e. The SMILES string of the molecule is COc1cccc(/C=C2\SC(=Nc3cc(C)cc(C)c3)N(C)C2=O)c1OC(C)C. The Morgan fingerprint density at radius 1 is 1.14 bits per heavy atom. The van der Waals surface area contributed by atoms with E-state index in [0.717, 1.165) is 22.4 Å². The molecule has 1 saturated heterocycles. The molecule has 1 fully saturated rings. The first kappa shape index (κ1) is 21.0. The molecule has 3 rings (SSSR count). The van der Waals surface area contributed by atoms with Crippen LogP contribution in [0.15, 0.2) is 46.3 Å². The van der Waals surface area contributed by atoms with Crippen LogP contribution in [-0.4, -0.2) is 36.2 Å². The van der Waals surface area contributed by atoms with Crippen molar-refractivity contribution in [2.75, 3.05) is 14.2 Å². The van der Waals surface area contributed by atoms with Gasteiger partial charge in [-0.3, -0.25) is 9.69 Å². The van der Waals surface area contributed by atoms with Crippen LogP contribution in [0.1, 0.15) is 30.5 Å². The van der Waals surface area contributed by atoms with E-state index in [1.165, 1.54) is 11.8 Å². The number of methoxy groups -OCH3 is 1. The molecule has 1 aliphatic heterocycles. The number of hydrogen-bond acceptors (Lipinski definition) is 5. The van der Waals surface area contributed by atoms with Crippen LogP contribution in [-0.2, 0) is 4.79 Å². The largest absolute Gasteiger partial charge is 0.493 e. The first-order valence-corrected chi connectivity index (χ1v) is 10.3. The number of para-hydroxylation sites is 1. The molecule has 0 aromatic heterocycles. The van der Waals surface area contributed by atoms with E-state index in [2.05, 4.69) is 6.07 Å². The van der Waals surface area contributed by atoms with Crippen LogP contribution in [0.4, 0.5) is 5.69 Å². The molecule has 29 heavy (non-hydrogen) atoms. The van der Waals surface area contributed by atoms with Crippen LogP contribution in [0.5, 0.6) is 11.5 Å². The number of likely N-dealkylation sites (N-methyl/N-ethyl adjacent to an activating group) is 1. The lowest BCUT2D eigenvalue weighted by Gasteiger charge is -2.16. The Morgan fingerprint density at radius 2 is 1.83 bits per heavy atom. The molecule has 0 N–H and O–H groups in total. The number of ether oxygens (including phenoxy) is 2. The summed E-state index contributed by atoms with van der Waals surface area (Å²) in [6, 6.07) is 11.8. The van der Waals surface area contributed by atoms with Gasteiger partial charge in [0.25, 0.3) is 5.91 Å². The number of hydrogen-bond donors (Lipinski definition) is 0. The monoisotopic (exact) mass is 410 g/mol. The van der Waals surface area contributed by atoms with E-state index in [4.69, 9.17) is 14.5 Å². The van der Waals surface area contributed by atoms with Gasteiger partial charge in [0, 0.05) is 12.6 Å². The Bertz CT molecular complexity index is 975. The van der Waals surface area contributed by atoms with E-state index in [1.807, 2.05) is 64.1 Å². The molecular formula is C23H26N2O3S. The van der Waals surface area contributed by atoms with Gasteiger partial charge in [-0.15, -0.1) is 0 Å². The molecule has 2 aromatic rings. The Labute approximate surface area is 176 Å². The summed E-state index contributed by atoms with van der Waals surface area (Å²) in [5.74, 6) is 1.19. The topological polar surface area (TPSA) is 51.1 Å². The molecule has 0 unspecified atom stereocenters. The Balaban J connectivity index is 1.97. The summed E-state index contributed by atoms with van der Waals surface area (Å²) in [5.41, 5.74) is 3.93. The van der Waals surface area contributed by atoms with Crippen molar-refractivity contribution < 1.29 is 14.3 Å². The predicted molar refractivity (Wildman–Crippen MR) is 120 cm³/mol. The molecule has 0 atom stereocenters. The van der Waals surface area contributed by atoms with E-state index < -0.39 is 0 Å². The molecule has 1 aliphatic rings. The van der Waals surface area contributed by atoms with Crippen molar-refractivity contribution >= 4 is 34.6 Å². The summed E-state index contributed by atoms with van der Waals surface area (Å²) < 4.78 is 11.4. The average Bonchev–Trinajstić information content (AvgIpc) is 2.90. The van der Waals surface area contributed by atoms with Crippen LogP contribution in [0.25, 0.3) is 6.08 Å². The van der Waals surface area contributed by atoms with Gasteiger partial charge >= 0.3 is 0 Å². The highest BCUT2D eigenvalue weighted by Crippen LogP contribution is 2.38. The molecule has 0 saturated carbocycles. The first-order valence-electron chi connectivity index (χ1n) is 9.46. The number of rotatable bonds is 5. The summed E-state index contributed by atoms with van der Waals surface area (Å²) in [6.07, 6.45) is 1.83. The number of benzene rings is 2. The summed E-state index contributed by atoms with van der Waals surface area (Å²) >= 11 is 1.36. The van der Waals surface area contributed by atoms with Crippen LogP contribution >= 0.6 is 11.8 Å². The van der Waals surface area contributed by atoms with Gasteiger partial charge < -0.3 is 9.47 Å². The zero-order valence-electron chi connectivity index (χ0n) is 17.6. The molecule has 1 heterocycles. The number of aryl methyl sites for hydroxylation is 2. The highest BCUT2D eigenvalue weighted by atomic mass is 32.2. The fourth-order valence-electron chi connectivity index (χ4n) is 3.09. The van der Waals surface area contributed by atoms with E-state index in [9.17, 15) is 4.79 Å². The zero-order chi connectivity index (χ0) is 21.1. The van der Waals surface area contributed by atoms with Gasteiger partial charge in [0.05, 0.1) is 23.8 Å². The minimum atomic E-state index is -0.0866. The van der Waals surface area contributed by atoms with Crippen molar-refractivity contribution in [3.63, 3.8) is 0 Å². The molecule has 1 amide bonds. The Kier molecular flexibility index (Phi) is 6.33. The third-order valence-corrected chi connectivity index (χ3v) is 5.36. The molecule has 0 bridgehead atoms. The van der Waals surface area contributed by atoms with Gasteiger partial charge in [0.15, 0.2) is 16.7 Å². The third kappa shape index (κ3) is 4.82. The van der Waals surface area contributed by atoms with Crippen LogP contribution in [0.3, 0.4) is 0 Å². The van der Waals surface area contributed by atoms with Crippen molar-refractivity contribution in [1.82, 2.24) is 4.90 Å². The van der Waals surface area contributed by atoms with Gasteiger partial charge in [-0.1, -0.05) is 18.2 Å². The molecule has 6 heteroatoms. The maximum atomic E-state index is 12.8. The van der Waals surface area contributed by atoms with Crippen molar-refractivity contribution in [2.45, 2.75) is 33.8 Å². The molecule has 0 spiro atoms. The predicted octanol–water partition coefficient (Wildman–Crippen LogP) is 5.33.